The van der Waals surface area contributed by atoms with Gasteiger partial charge in [0.2, 0.25) is 0 Å². The zero-order valence-electron chi connectivity index (χ0n) is 14.5. The number of carbonyl (C=O) groups is 1. The van der Waals surface area contributed by atoms with E-state index < -0.39 is 5.60 Å². The molecule has 0 aliphatic carbocycles. The van der Waals surface area contributed by atoms with Crippen LogP contribution in [0.4, 0.5) is 4.79 Å². The molecule has 4 nitrogen and oxygen atoms in total. The Balaban J connectivity index is 2.27. The second kappa shape index (κ2) is 5.82. The van der Waals surface area contributed by atoms with Crippen LogP contribution in [0.1, 0.15) is 52.7 Å². The normalized spacial score (nSPS) is 15.6. The van der Waals surface area contributed by atoms with Gasteiger partial charge in [-0.1, -0.05) is 39.0 Å². The van der Waals surface area contributed by atoms with Crippen molar-refractivity contribution in [2.24, 2.45) is 0 Å². The Morgan fingerprint density at radius 2 is 1.86 bits per heavy atom. The summed E-state index contributed by atoms with van der Waals surface area (Å²) >= 11 is 0. The summed E-state index contributed by atoms with van der Waals surface area (Å²) in [6, 6.07) is 6.15. The van der Waals surface area contributed by atoms with Crippen LogP contribution in [0.2, 0.25) is 0 Å². The summed E-state index contributed by atoms with van der Waals surface area (Å²) in [5.74, 6) is 0.918. The number of fused-ring (bicyclic) bond motifs is 1. The molecule has 1 aliphatic rings. The molecular formula is C18H27NO3. The fourth-order valence-electron chi connectivity index (χ4n) is 2.50. The van der Waals surface area contributed by atoms with E-state index in [9.17, 15) is 4.79 Å². The van der Waals surface area contributed by atoms with E-state index in [1.807, 2.05) is 32.9 Å². The lowest BCUT2D eigenvalue weighted by molar-refractivity contribution is 0.0225. The first-order chi connectivity index (χ1) is 10.1. The molecule has 122 valence electrons. The summed E-state index contributed by atoms with van der Waals surface area (Å²) < 4.78 is 11.4. The third-order valence-electron chi connectivity index (χ3n) is 3.53. The highest BCUT2D eigenvalue weighted by Crippen LogP contribution is 2.35. The number of para-hydroxylation sites is 1. The number of hydrogen-bond donors (Lipinski definition) is 0. The van der Waals surface area contributed by atoms with Crippen molar-refractivity contribution in [2.75, 3.05) is 13.2 Å². The Hall–Kier alpha value is -1.71. The molecule has 1 amide bonds. The van der Waals surface area contributed by atoms with E-state index in [2.05, 4.69) is 26.8 Å². The summed E-state index contributed by atoms with van der Waals surface area (Å²) in [7, 11) is 0. The Bertz CT molecular complexity index is 552. The maximum Gasteiger partial charge on any atom is 0.410 e. The molecule has 0 N–H and O–H groups in total. The number of nitrogens with zero attached hydrogens (tertiary/aromatic N) is 1. The highest BCUT2D eigenvalue weighted by Gasteiger charge is 2.28. The van der Waals surface area contributed by atoms with Gasteiger partial charge in [0.05, 0.1) is 13.1 Å². The molecule has 1 aromatic rings. The molecule has 0 fully saturated rings. The summed E-state index contributed by atoms with van der Waals surface area (Å²) in [5.41, 5.74) is 1.74. The lowest BCUT2D eigenvalue weighted by Crippen LogP contribution is -2.37. The van der Waals surface area contributed by atoms with Crippen molar-refractivity contribution in [1.82, 2.24) is 4.90 Å². The first-order valence-corrected chi connectivity index (χ1v) is 7.81. The van der Waals surface area contributed by atoms with Gasteiger partial charge in [-0.3, -0.25) is 0 Å². The molecule has 0 unspecified atom stereocenters. The Labute approximate surface area is 133 Å². The molecule has 4 heteroatoms. The third kappa shape index (κ3) is 3.93. The summed E-state index contributed by atoms with van der Waals surface area (Å²) in [4.78, 5) is 14.0. The molecular weight excluding hydrogens is 278 g/mol. The molecule has 0 saturated carbocycles. The second-order valence-corrected chi connectivity index (χ2v) is 7.79. The number of benzene rings is 1. The molecule has 0 bridgehead atoms. The number of carbonyl (C=O) groups excluding carboxylic acids is 1. The smallest absolute Gasteiger partial charge is 0.410 e. The fraction of sp³-hybridized carbons (Fsp3) is 0.611. The lowest BCUT2D eigenvalue weighted by Gasteiger charge is -2.26. The maximum atomic E-state index is 12.3. The van der Waals surface area contributed by atoms with E-state index in [4.69, 9.17) is 9.47 Å². The van der Waals surface area contributed by atoms with E-state index in [-0.39, 0.29) is 11.5 Å². The molecule has 1 aliphatic heterocycles. The van der Waals surface area contributed by atoms with Crippen LogP contribution in [0.15, 0.2) is 18.2 Å². The SMILES string of the molecule is CC(C)(C)OC(=O)N1CCOc2c(cccc2C(C)(C)C)C1. The van der Waals surface area contributed by atoms with Crippen molar-refractivity contribution in [1.29, 1.82) is 0 Å². The van der Waals surface area contributed by atoms with E-state index in [1.54, 1.807) is 4.90 Å². The van der Waals surface area contributed by atoms with Gasteiger partial charge < -0.3 is 14.4 Å². The van der Waals surface area contributed by atoms with Crippen molar-refractivity contribution in [2.45, 2.75) is 59.1 Å². The predicted octanol–water partition coefficient (Wildman–Crippen LogP) is 4.11. The van der Waals surface area contributed by atoms with E-state index in [0.717, 1.165) is 11.3 Å². The van der Waals surface area contributed by atoms with Crippen LogP contribution in [0.25, 0.3) is 0 Å². The first-order valence-electron chi connectivity index (χ1n) is 7.81. The van der Waals surface area contributed by atoms with Gasteiger partial charge in [-0.15, -0.1) is 0 Å². The van der Waals surface area contributed by atoms with Crippen LogP contribution < -0.4 is 4.74 Å². The molecule has 0 spiro atoms. The predicted molar refractivity (Wildman–Crippen MR) is 87.3 cm³/mol. The van der Waals surface area contributed by atoms with Gasteiger partial charge in [0, 0.05) is 5.56 Å². The zero-order valence-corrected chi connectivity index (χ0v) is 14.5. The van der Waals surface area contributed by atoms with Crippen molar-refractivity contribution >= 4 is 6.09 Å². The van der Waals surface area contributed by atoms with Gasteiger partial charge in [0.15, 0.2) is 0 Å². The average molecular weight is 305 g/mol. The topological polar surface area (TPSA) is 38.8 Å². The van der Waals surface area contributed by atoms with Crippen LogP contribution >= 0.6 is 0 Å². The maximum absolute atomic E-state index is 12.3. The molecule has 0 saturated heterocycles. The number of ether oxygens (including phenoxy) is 2. The summed E-state index contributed by atoms with van der Waals surface area (Å²) in [6.07, 6.45) is -0.287. The standard InChI is InChI=1S/C18H27NO3/c1-17(2,3)14-9-7-8-13-12-19(10-11-21-15(13)14)16(20)22-18(4,5)6/h7-9H,10-12H2,1-6H3. The van der Waals surface area contributed by atoms with Gasteiger partial charge in [-0.05, 0) is 31.7 Å². The highest BCUT2D eigenvalue weighted by molar-refractivity contribution is 5.68. The highest BCUT2D eigenvalue weighted by atomic mass is 16.6. The summed E-state index contributed by atoms with van der Waals surface area (Å²) in [5, 5.41) is 0. The molecule has 0 atom stereocenters. The number of amides is 1. The lowest BCUT2D eigenvalue weighted by atomic mass is 9.85. The molecule has 1 aromatic carbocycles. The van der Waals surface area contributed by atoms with Gasteiger partial charge in [0.1, 0.15) is 18.0 Å². The molecule has 22 heavy (non-hydrogen) atoms. The van der Waals surface area contributed by atoms with Crippen molar-refractivity contribution in [3.05, 3.63) is 29.3 Å². The van der Waals surface area contributed by atoms with Crippen LogP contribution in [0.5, 0.6) is 5.75 Å². The molecule has 1 heterocycles. The molecule has 0 aromatic heterocycles. The monoisotopic (exact) mass is 305 g/mol. The quantitative estimate of drug-likeness (QED) is 0.724. The van der Waals surface area contributed by atoms with Gasteiger partial charge in [0.25, 0.3) is 0 Å². The number of hydrogen-bond acceptors (Lipinski definition) is 3. The van der Waals surface area contributed by atoms with E-state index in [1.165, 1.54) is 5.56 Å². The summed E-state index contributed by atoms with van der Waals surface area (Å²) in [6.45, 7) is 13.7. The van der Waals surface area contributed by atoms with Crippen LogP contribution in [0, 0.1) is 0 Å². The largest absolute Gasteiger partial charge is 0.491 e. The van der Waals surface area contributed by atoms with E-state index in [0.29, 0.717) is 19.7 Å². The Morgan fingerprint density at radius 3 is 2.45 bits per heavy atom. The minimum Gasteiger partial charge on any atom is -0.491 e. The first kappa shape index (κ1) is 16.7. The van der Waals surface area contributed by atoms with Gasteiger partial charge in [-0.2, -0.15) is 0 Å². The van der Waals surface area contributed by atoms with Crippen molar-refractivity contribution < 1.29 is 14.3 Å². The average Bonchev–Trinajstić information content (AvgIpc) is 2.56. The minimum atomic E-state index is -0.486. The fourth-order valence-corrected chi connectivity index (χ4v) is 2.50. The van der Waals surface area contributed by atoms with Crippen LogP contribution in [-0.2, 0) is 16.7 Å². The zero-order chi connectivity index (χ0) is 16.5. The van der Waals surface area contributed by atoms with Gasteiger partial charge >= 0.3 is 6.09 Å². The minimum absolute atomic E-state index is 0.00638. The van der Waals surface area contributed by atoms with Gasteiger partial charge in [-0.25, -0.2) is 4.79 Å². The Morgan fingerprint density at radius 1 is 1.18 bits per heavy atom. The second-order valence-electron chi connectivity index (χ2n) is 7.79. The molecule has 2 rings (SSSR count). The van der Waals surface area contributed by atoms with Crippen molar-refractivity contribution in [3.8, 4) is 5.75 Å². The van der Waals surface area contributed by atoms with Crippen LogP contribution in [0.3, 0.4) is 0 Å². The Kier molecular flexibility index (Phi) is 4.41. The van der Waals surface area contributed by atoms with E-state index >= 15 is 0 Å². The molecule has 0 radical (unpaired) electrons. The number of rotatable bonds is 0. The van der Waals surface area contributed by atoms with Crippen LogP contribution in [-0.4, -0.2) is 29.7 Å². The third-order valence-corrected chi connectivity index (χ3v) is 3.53. The van der Waals surface area contributed by atoms with Crippen molar-refractivity contribution in [3.63, 3.8) is 0 Å².